The molecule has 1 aliphatic heterocycles. The summed E-state index contributed by atoms with van der Waals surface area (Å²) in [6.07, 6.45) is 9.06. The molecule has 2 rings (SSSR count). The Balaban J connectivity index is 1.97. The van der Waals surface area contributed by atoms with Crippen molar-refractivity contribution in [3.8, 4) is 0 Å². The maximum atomic E-state index is 12.8. The van der Waals surface area contributed by atoms with Crippen LogP contribution in [0.1, 0.15) is 65.2 Å². The first-order valence-electron chi connectivity index (χ1n) is 8.72. The summed E-state index contributed by atoms with van der Waals surface area (Å²) in [4.78, 5) is 0. The quantitative estimate of drug-likeness (QED) is 0.820. The first-order chi connectivity index (χ1) is 9.99. The van der Waals surface area contributed by atoms with Gasteiger partial charge in [0, 0.05) is 25.2 Å². The van der Waals surface area contributed by atoms with Crippen molar-refractivity contribution in [1.82, 2.24) is 9.62 Å². The van der Waals surface area contributed by atoms with Crippen molar-refractivity contribution in [2.75, 3.05) is 18.8 Å². The molecule has 1 aliphatic carbocycles. The molecule has 0 aromatic heterocycles. The van der Waals surface area contributed by atoms with Crippen molar-refractivity contribution in [2.24, 2.45) is 5.92 Å². The molecule has 2 fully saturated rings. The molecule has 0 aromatic carbocycles. The topological polar surface area (TPSA) is 49.4 Å². The van der Waals surface area contributed by atoms with E-state index in [1.807, 2.05) is 4.31 Å². The van der Waals surface area contributed by atoms with Gasteiger partial charge in [-0.3, -0.25) is 0 Å². The van der Waals surface area contributed by atoms with Gasteiger partial charge in [-0.25, -0.2) is 8.42 Å². The van der Waals surface area contributed by atoms with Crippen molar-refractivity contribution >= 4 is 10.0 Å². The number of sulfonamides is 1. The van der Waals surface area contributed by atoms with E-state index in [0.29, 0.717) is 17.7 Å². The maximum Gasteiger partial charge on any atom is 0.214 e. The predicted octanol–water partition coefficient (Wildman–Crippen LogP) is 2.75. The maximum absolute atomic E-state index is 12.8. The summed E-state index contributed by atoms with van der Waals surface area (Å²) in [6, 6.07) is 0.574. The Hall–Kier alpha value is -0.130. The summed E-state index contributed by atoms with van der Waals surface area (Å²) in [5.41, 5.74) is 0. The Labute approximate surface area is 130 Å². The Bertz CT molecular complexity index is 403. The van der Waals surface area contributed by atoms with Gasteiger partial charge in [-0.15, -0.1) is 0 Å². The third-order valence-electron chi connectivity index (χ3n) is 4.86. The largest absolute Gasteiger partial charge is 0.313 e. The van der Waals surface area contributed by atoms with E-state index in [-0.39, 0.29) is 6.04 Å². The van der Waals surface area contributed by atoms with Crippen LogP contribution in [-0.4, -0.2) is 43.6 Å². The van der Waals surface area contributed by atoms with Gasteiger partial charge in [-0.1, -0.05) is 39.5 Å². The van der Waals surface area contributed by atoms with Crippen LogP contribution in [0, 0.1) is 5.92 Å². The number of rotatable bonds is 6. The van der Waals surface area contributed by atoms with Crippen LogP contribution in [0.3, 0.4) is 0 Å². The Morgan fingerprint density at radius 2 is 1.71 bits per heavy atom. The van der Waals surface area contributed by atoms with Gasteiger partial charge in [0.15, 0.2) is 0 Å². The van der Waals surface area contributed by atoms with E-state index >= 15 is 0 Å². The third-order valence-corrected chi connectivity index (χ3v) is 6.95. The van der Waals surface area contributed by atoms with Crippen molar-refractivity contribution in [3.63, 3.8) is 0 Å². The molecule has 4 nitrogen and oxygen atoms in total. The summed E-state index contributed by atoms with van der Waals surface area (Å²) >= 11 is 0. The molecule has 1 saturated carbocycles. The average molecular weight is 317 g/mol. The molecule has 1 heterocycles. The van der Waals surface area contributed by atoms with Crippen molar-refractivity contribution in [1.29, 1.82) is 0 Å². The molecule has 0 radical (unpaired) electrons. The van der Waals surface area contributed by atoms with E-state index in [2.05, 4.69) is 19.2 Å². The zero-order valence-corrected chi connectivity index (χ0v) is 14.5. The van der Waals surface area contributed by atoms with Crippen LogP contribution < -0.4 is 5.32 Å². The van der Waals surface area contributed by atoms with Crippen LogP contribution in [-0.2, 0) is 10.0 Å². The molecule has 1 N–H and O–H groups in total. The minimum Gasteiger partial charge on any atom is -0.313 e. The van der Waals surface area contributed by atoms with Gasteiger partial charge < -0.3 is 5.32 Å². The van der Waals surface area contributed by atoms with E-state index in [1.165, 1.54) is 19.3 Å². The summed E-state index contributed by atoms with van der Waals surface area (Å²) in [6.45, 7) is 5.74. The second-order valence-corrected chi connectivity index (χ2v) is 9.07. The zero-order valence-electron chi connectivity index (χ0n) is 13.7. The van der Waals surface area contributed by atoms with Gasteiger partial charge in [-0.05, 0) is 31.6 Å². The lowest BCUT2D eigenvalue weighted by Crippen LogP contribution is -2.50. The average Bonchev–Trinajstić information content (AvgIpc) is 2.46. The number of piperidine rings is 1. The van der Waals surface area contributed by atoms with Crippen LogP contribution in [0.5, 0.6) is 0 Å². The lowest BCUT2D eigenvalue weighted by atomic mass is 9.91. The number of hydrogen-bond donors (Lipinski definition) is 1. The highest BCUT2D eigenvalue weighted by Crippen LogP contribution is 2.28. The molecule has 0 spiro atoms. The molecule has 21 heavy (non-hydrogen) atoms. The highest BCUT2D eigenvalue weighted by molar-refractivity contribution is 7.89. The fourth-order valence-electron chi connectivity index (χ4n) is 3.66. The monoisotopic (exact) mass is 316 g/mol. The van der Waals surface area contributed by atoms with Gasteiger partial charge in [0.2, 0.25) is 10.0 Å². The first-order valence-corrected chi connectivity index (χ1v) is 10.3. The van der Waals surface area contributed by atoms with Crippen LogP contribution >= 0.6 is 0 Å². The molecule has 0 aromatic rings. The van der Waals surface area contributed by atoms with E-state index in [9.17, 15) is 8.42 Å². The Kier molecular flexibility index (Phi) is 6.51. The summed E-state index contributed by atoms with van der Waals surface area (Å²) < 4.78 is 27.4. The summed E-state index contributed by atoms with van der Waals surface area (Å²) in [5.74, 6) is 0.773. The van der Waals surface area contributed by atoms with Gasteiger partial charge in [0.1, 0.15) is 0 Å². The molecule has 0 bridgehead atoms. The van der Waals surface area contributed by atoms with E-state index in [4.69, 9.17) is 0 Å². The van der Waals surface area contributed by atoms with E-state index < -0.39 is 10.0 Å². The minimum atomic E-state index is -3.09. The fraction of sp³-hybridized carbons (Fsp3) is 1.00. The number of hydrogen-bond acceptors (Lipinski definition) is 3. The summed E-state index contributed by atoms with van der Waals surface area (Å²) in [7, 11) is -3.09. The molecular weight excluding hydrogens is 284 g/mol. The zero-order chi connectivity index (χ0) is 15.3. The van der Waals surface area contributed by atoms with Crippen LogP contribution in [0.4, 0.5) is 0 Å². The molecule has 1 atom stereocenters. The van der Waals surface area contributed by atoms with Crippen molar-refractivity contribution in [2.45, 2.75) is 77.3 Å². The number of nitrogens with one attached hydrogen (secondary N) is 1. The van der Waals surface area contributed by atoms with Crippen LogP contribution in [0.2, 0.25) is 0 Å². The lowest BCUT2D eigenvalue weighted by Gasteiger charge is -2.36. The van der Waals surface area contributed by atoms with Crippen LogP contribution in [0.15, 0.2) is 0 Å². The molecule has 1 saturated heterocycles. The number of nitrogens with zero attached hydrogens (tertiary/aromatic N) is 1. The van der Waals surface area contributed by atoms with Crippen molar-refractivity contribution < 1.29 is 8.42 Å². The SMILES string of the molecule is CC(C)NCC1CCCCN1S(=O)(=O)CC1CCCCC1. The Morgan fingerprint density at radius 3 is 2.38 bits per heavy atom. The van der Waals surface area contributed by atoms with Crippen molar-refractivity contribution in [3.05, 3.63) is 0 Å². The first kappa shape index (κ1) is 17.2. The molecule has 5 heteroatoms. The molecule has 1 unspecified atom stereocenters. The second-order valence-electron chi connectivity index (χ2n) is 7.11. The molecule has 124 valence electrons. The summed E-state index contributed by atoms with van der Waals surface area (Å²) in [5, 5.41) is 3.41. The lowest BCUT2D eigenvalue weighted by molar-refractivity contribution is 0.239. The molecular formula is C16H32N2O2S. The second kappa shape index (κ2) is 7.93. The predicted molar refractivity (Wildman–Crippen MR) is 87.8 cm³/mol. The standard InChI is InChI=1S/C16H32N2O2S/c1-14(2)17-12-16-10-6-7-11-18(16)21(19,20)13-15-8-4-3-5-9-15/h14-17H,3-13H2,1-2H3. The fourth-order valence-corrected chi connectivity index (χ4v) is 5.83. The highest BCUT2D eigenvalue weighted by atomic mass is 32.2. The molecule has 2 aliphatic rings. The van der Waals surface area contributed by atoms with E-state index in [1.54, 1.807) is 0 Å². The van der Waals surface area contributed by atoms with Gasteiger partial charge in [-0.2, -0.15) is 4.31 Å². The van der Waals surface area contributed by atoms with E-state index in [0.717, 1.165) is 45.2 Å². The highest BCUT2D eigenvalue weighted by Gasteiger charge is 2.34. The minimum absolute atomic E-state index is 0.162. The normalized spacial score (nSPS) is 26.3. The van der Waals surface area contributed by atoms with Crippen LogP contribution in [0.25, 0.3) is 0 Å². The van der Waals surface area contributed by atoms with Gasteiger partial charge in [0.25, 0.3) is 0 Å². The Morgan fingerprint density at radius 1 is 1.05 bits per heavy atom. The smallest absolute Gasteiger partial charge is 0.214 e. The van der Waals surface area contributed by atoms with Gasteiger partial charge >= 0.3 is 0 Å². The molecule has 0 amide bonds. The van der Waals surface area contributed by atoms with Gasteiger partial charge in [0.05, 0.1) is 5.75 Å². The third kappa shape index (κ3) is 5.22.